The van der Waals surface area contributed by atoms with E-state index in [1.54, 1.807) is 0 Å². The Hall–Kier alpha value is -4.45. The average Bonchev–Trinajstić information content (AvgIpc) is 3.34. The Labute approximate surface area is 417 Å². The van der Waals surface area contributed by atoms with Crippen LogP contribution in [0.25, 0.3) is 0 Å². The van der Waals surface area contributed by atoms with Gasteiger partial charge >= 0.3 is 17.9 Å². The second kappa shape index (κ2) is 55.1. The van der Waals surface area contributed by atoms with Crippen molar-refractivity contribution < 1.29 is 28.6 Å². The molecule has 0 aliphatic heterocycles. The molecule has 6 heteroatoms. The Bertz CT molecular complexity index is 1500. The van der Waals surface area contributed by atoms with Gasteiger partial charge in [-0.15, -0.1) is 0 Å². The lowest BCUT2D eigenvalue weighted by molar-refractivity contribution is -0.167. The molecule has 68 heavy (non-hydrogen) atoms. The zero-order valence-electron chi connectivity index (χ0n) is 43.6. The maximum absolute atomic E-state index is 12.8. The van der Waals surface area contributed by atoms with Gasteiger partial charge in [-0.05, 0) is 128 Å². The highest BCUT2D eigenvalue weighted by atomic mass is 16.6. The lowest BCUT2D eigenvalue weighted by Crippen LogP contribution is -2.30. The summed E-state index contributed by atoms with van der Waals surface area (Å²) in [7, 11) is 0. The van der Waals surface area contributed by atoms with Gasteiger partial charge in [-0.2, -0.15) is 0 Å². The Morgan fingerprint density at radius 3 is 0.956 bits per heavy atom. The SMILES string of the molecule is CC/C=C\C/C=C\C/C=C\C/C=C\C/C=C\CCCCCC(=O)OCC(COC(=O)CCCCCC/C=C\C/C=C\C/C=C\CC)OC(=O)CCC/C=C\C/C=C\C/C=C\CCCCCCCC. The molecule has 0 saturated heterocycles. The third-order valence-electron chi connectivity index (χ3n) is 10.9. The van der Waals surface area contributed by atoms with E-state index in [-0.39, 0.29) is 37.5 Å². The second-order valence-corrected chi connectivity index (χ2v) is 17.4. The van der Waals surface area contributed by atoms with E-state index in [1.807, 2.05) is 0 Å². The number of carbonyl (C=O) groups is 3. The predicted molar refractivity (Wildman–Crippen MR) is 292 cm³/mol. The van der Waals surface area contributed by atoms with Gasteiger partial charge in [-0.1, -0.05) is 206 Å². The van der Waals surface area contributed by atoms with E-state index in [1.165, 1.54) is 44.9 Å². The number of hydrogen-bond acceptors (Lipinski definition) is 6. The molecule has 0 aliphatic rings. The van der Waals surface area contributed by atoms with Gasteiger partial charge in [0.05, 0.1) is 0 Å². The summed E-state index contributed by atoms with van der Waals surface area (Å²) in [6, 6.07) is 0. The van der Waals surface area contributed by atoms with Crippen LogP contribution in [0, 0.1) is 0 Å². The maximum atomic E-state index is 12.8. The fourth-order valence-electron chi connectivity index (χ4n) is 6.85. The first-order chi connectivity index (χ1) is 33.5. The Balaban J connectivity index is 4.58. The zero-order valence-corrected chi connectivity index (χ0v) is 43.6. The number of esters is 3. The first-order valence-corrected chi connectivity index (χ1v) is 27.2. The Morgan fingerprint density at radius 1 is 0.309 bits per heavy atom. The number of hydrogen-bond donors (Lipinski definition) is 0. The van der Waals surface area contributed by atoms with Gasteiger partial charge in [0, 0.05) is 19.3 Å². The van der Waals surface area contributed by atoms with Crippen molar-refractivity contribution in [3.8, 4) is 0 Å². The number of rotatable bonds is 47. The maximum Gasteiger partial charge on any atom is 0.306 e. The van der Waals surface area contributed by atoms with Crippen molar-refractivity contribution in [1.82, 2.24) is 0 Å². The molecule has 382 valence electrons. The molecule has 0 rings (SSSR count). The van der Waals surface area contributed by atoms with E-state index < -0.39 is 6.10 Å². The molecule has 0 saturated carbocycles. The molecule has 0 aliphatic carbocycles. The fourth-order valence-corrected chi connectivity index (χ4v) is 6.85. The molecule has 0 amide bonds. The van der Waals surface area contributed by atoms with Crippen LogP contribution in [0.3, 0.4) is 0 Å². The van der Waals surface area contributed by atoms with Crippen LogP contribution in [0.5, 0.6) is 0 Å². The van der Waals surface area contributed by atoms with Crippen LogP contribution in [0.4, 0.5) is 0 Å². The minimum absolute atomic E-state index is 0.125. The van der Waals surface area contributed by atoms with E-state index in [0.717, 1.165) is 128 Å². The summed E-state index contributed by atoms with van der Waals surface area (Å²) in [6.07, 6.45) is 77.3. The zero-order chi connectivity index (χ0) is 49.3. The molecule has 0 heterocycles. The van der Waals surface area contributed by atoms with Gasteiger partial charge in [-0.3, -0.25) is 14.4 Å². The van der Waals surface area contributed by atoms with Crippen LogP contribution >= 0.6 is 0 Å². The van der Waals surface area contributed by atoms with Gasteiger partial charge in [0.2, 0.25) is 0 Å². The molecule has 0 aromatic carbocycles. The summed E-state index contributed by atoms with van der Waals surface area (Å²) in [4.78, 5) is 38.1. The van der Waals surface area contributed by atoms with Crippen molar-refractivity contribution in [1.29, 1.82) is 0 Å². The molecule has 1 unspecified atom stereocenters. The molecule has 0 aromatic heterocycles. The van der Waals surface area contributed by atoms with Gasteiger partial charge in [0.25, 0.3) is 0 Å². The quantitative estimate of drug-likeness (QED) is 0.0262. The lowest BCUT2D eigenvalue weighted by Gasteiger charge is -2.18. The topological polar surface area (TPSA) is 78.9 Å². The van der Waals surface area contributed by atoms with Crippen molar-refractivity contribution in [3.05, 3.63) is 134 Å². The van der Waals surface area contributed by atoms with E-state index in [4.69, 9.17) is 14.2 Å². The van der Waals surface area contributed by atoms with Crippen LogP contribution in [0.15, 0.2) is 134 Å². The second-order valence-electron chi connectivity index (χ2n) is 17.4. The van der Waals surface area contributed by atoms with Gasteiger partial charge in [0.1, 0.15) is 13.2 Å². The van der Waals surface area contributed by atoms with Crippen molar-refractivity contribution in [2.24, 2.45) is 0 Å². The van der Waals surface area contributed by atoms with Crippen molar-refractivity contribution in [2.45, 2.75) is 226 Å². The molecular weight excluding hydrogens is 841 g/mol. The molecule has 0 fully saturated rings. The first-order valence-electron chi connectivity index (χ1n) is 27.2. The molecule has 6 nitrogen and oxygen atoms in total. The van der Waals surface area contributed by atoms with Crippen LogP contribution in [0.2, 0.25) is 0 Å². The minimum atomic E-state index is -0.833. The number of ether oxygens (including phenoxy) is 3. The van der Waals surface area contributed by atoms with Gasteiger partial charge in [0.15, 0.2) is 6.10 Å². The first kappa shape index (κ1) is 63.5. The molecule has 0 N–H and O–H groups in total. The van der Waals surface area contributed by atoms with Crippen molar-refractivity contribution in [3.63, 3.8) is 0 Å². The molecule has 0 aromatic rings. The molecule has 0 radical (unpaired) electrons. The molecule has 1 atom stereocenters. The van der Waals surface area contributed by atoms with Gasteiger partial charge < -0.3 is 14.2 Å². The van der Waals surface area contributed by atoms with E-state index in [9.17, 15) is 14.4 Å². The normalized spacial score (nSPS) is 13.2. The summed E-state index contributed by atoms with van der Waals surface area (Å²) in [5.41, 5.74) is 0. The third-order valence-corrected chi connectivity index (χ3v) is 10.9. The summed E-state index contributed by atoms with van der Waals surface area (Å²) in [5.74, 6) is -1.04. The Kier molecular flexibility index (Phi) is 51.5. The molecular formula is C62H98O6. The van der Waals surface area contributed by atoms with E-state index in [0.29, 0.717) is 19.3 Å². The largest absolute Gasteiger partial charge is 0.462 e. The monoisotopic (exact) mass is 939 g/mol. The highest BCUT2D eigenvalue weighted by Crippen LogP contribution is 2.11. The highest BCUT2D eigenvalue weighted by molar-refractivity contribution is 5.71. The number of allylic oxidation sites excluding steroid dienone is 22. The fraction of sp³-hybridized carbons (Fsp3) is 0.597. The van der Waals surface area contributed by atoms with Crippen molar-refractivity contribution >= 4 is 17.9 Å². The molecule has 0 bridgehead atoms. The number of unbranched alkanes of at least 4 members (excludes halogenated alkanes) is 14. The highest BCUT2D eigenvalue weighted by Gasteiger charge is 2.19. The van der Waals surface area contributed by atoms with E-state index in [2.05, 4.69) is 154 Å². The van der Waals surface area contributed by atoms with Crippen molar-refractivity contribution in [2.75, 3.05) is 13.2 Å². The summed E-state index contributed by atoms with van der Waals surface area (Å²) >= 11 is 0. The minimum Gasteiger partial charge on any atom is -0.462 e. The summed E-state index contributed by atoms with van der Waals surface area (Å²) in [6.45, 7) is 6.30. The average molecular weight is 939 g/mol. The lowest BCUT2D eigenvalue weighted by atomic mass is 10.1. The van der Waals surface area contributed by atoms with Crippen LogP contribution < -0.4 is 0 Å². The third kappa shape index (κ3) is 52.5. The predicted octanol–water partition coefficient (Wildman–Crippen LogP) is 18.3. The number of carbonyl (C=O) groups excluding carboxylic acids is 3. The van der Waals surface area contributed by atoms with Crippen LogP contribution in [-0.4, -0.2) is 37.2 Å². The Morgan fingerprint density at radius 2 is 0.588 bits per heavy atom. The summed E-state index contributed by atoms with van der Waals surface area (Å²) in [5, 5.41) is 0. The smallest absolute Gasteiger partial charge is 0.306 e. The van der Waals surface area contributed by atoms with Gasteiger partial charge in [-0.25, -0.2) is 0 Å². The van der Waals surface area contributed by atoms with Crippen LogP contribution in [0.1, 0.15) is 220 Å². The van der Waals surface area contributed by atoms with E-state index >= 15 is 0 Å². The standard InChI is InChI=1S/C62H98O6/c1-4-7-10-13-16-19-22-25-28-30-31-33-34-37-40-43-46-49-52-55-61(64)67-58-59(57-66-60(63)54-51-48-45-42-39-36-27-24-21-18-15-12-9-6-3)68-62(65)56-53-50-47-44-41-38-35-32-29-26-23-20-17-14-11-8-5-2/h7,9-10,12,16,18-19,21,25-29,31,33,35-38,40,44,47,59H,4-6,8,11,13-15,17,20,22-24,30,32,34,39,41-43,45-46,48-58H2,1-3H3/b10-7-,12-9-,19-16-,21-18-,28-25-,29-26-,33-31-,36-27-,38-35-,40-37-,47-44-. The summed E-state index contributed by atoms with van der Waals surface area (Å²) < 4.78 is 16.7. The molecule has 0 spiro atoms. The van der Waals surface area contributed by atoms with Crippen LogP contribution in [-0.2, 0) is 28.6 Å².